The van der Waals surface area contributed by atoms with E-state index in [1.54, 1.807) is 17.6 Å². The van der Waals surface area contributed by atoms with E-state index in [0.717, 1.165) is 25.0 Å². The van der Waals surface area contributed by atoms with Crippen LogP contribution in [0.4, 0.5) is 14.5 Å². The summed E-state index contributed by atoms with van der Waals surface area (Å²) in [4.78, 5) is 13.3. The maximum Gasteiger partial charge on any atom is 0.272 e. The van der Waals surface area contributed by atoms with Gasteiger partial charge < -0.3 is 20.1 Å². The molecule has 1 aliphatic heterocycles. The number of hydrogen-bond donors (Lipinski definition) is 4. The average Bonchev–Trinajstić information content (AvgIpc) is 3.12. The number of carbonyl (C=O) groups excluding carboxylic acids is 1. The van der Waals surface area contributed by atoms with Gasteiger partial charge in [0.05, 0.1) is 17.9 Å². The van der Waals surface area contributed by atoms with Crippen LogP contribution in [0.25, 0.3) is 6.08 Å². The van der Waals surface area contributed by atoms with Crippen LogP contribution in [0.15, 0.2) is 29.2 Å². The van der Waals surface area contributed by atoms with Crippen molar-refractivity contribution in [1.82, 2.24) is 9.29 Å². The summed E-state index contributed by atoms with van der Waals surface area (Å²) in [5.41, 5.74) is -0.323. The molecule has 1 amide bonds. The minimum absolute atomic E-state index is 0.0171. The second kappa shape index (κ2) is 9.61. The largest absolute Gasteiger partial charge is 0.393 e. The highest BCUT2D eigenvalue weighted by atomic mass is 32.2. The lowest BCUT2D eigenvalue weighted by Gasteiger charge is -2.40. The fourth-order valence-electron chi connectivity index (χ4n) is 6.35. The normalized spacial score (nSPS) is 27.1. The van der Waals surface area contributed by atoms with Crippen LogP contribution in [0.5, 0.6) is 0 Å². The zero-order valence-electron chi connectivity index (χ0n) is 20.5. The number of nitrogens with one attached hydrogen (secondary N) is 2. The van der Waals surface area contributed by atoms with Gasteiger partial charge in [-0.3, -0.25) is 4.79 Å². The average molecular weight is 536 g/mol. The van der Waals surface area contributed by atoms with E-state index in [1.807, 2.05) is 6.08 Å². The molecule has 2 atom stereocenters. The number of anilines is 1. The van der Waals surface area contributed by atoms with E-state index in [1.165, 1.54) is 6.07 Å². The van der Waals surface area contributed by atoms with E-state index in [0.29, 0.717) is 37.9 Å². The van der Waals surface area contributed by atoms with Crippen molar-refractivity contribution in [1.29, 1.82) is 0 Å². The Morgan fingerprint density at radius 1 is 1.19 bits per heavy atom. The second-order valence-corrected chi connectivity index (χ2v) is 12.2. The molecule has 2 unspecified atom stereocenters. The van der Waals surface area contributed by atoms with Crippen LogP contribution in [-0.4, -0.2) is 47.4 Å². The van der Waals surface area contributed by atoms with Gasteiger partial charge in [0.1, 0.15) is 10.6 Å². The molecule has 8 nitrogen and oxygen atoms in total. The molecule has 1 aromatic carbocycles. The monoisotopic (exact) mass is 535 g/mol. The molecule has 37 heavy (non-hydrogen) atoms. The Kier molecular flexibility index (Phi) is 6.76. The van der Waals surface area contributed by atoms with Crippen molar-refractivity contribution in [2.24, 2.45) is 11.8 Å². The summed E-state index contributed by atoms with van der Waals surface area (Å²) in [5, 5.41) is 22.8. The SMILES string of the molecule is Cc1c(S(=O)(=O)NC2C3CCC2CC(O)(CO)C3)c2n(c1C(=O)Nc1ccc(F)c(F)c1)CCCC=C2. The number of aromatic nitrogens is 1. The Bertz CT molecular complexity index is 1360. The highest BCUT2D eigenvalue weighted by molar-refractivity contribution is 7.89. The second-order valence-electron chi connectivity index (χ2n) is 10.5. The minimum atomic E-state index is -4.07. The van der Waals surface area contributed by atoms with E-state index in [2.05, 4.69) is 10.0 Å². The summed E-state index contributed by atoms with van der Waals surface area (Å²) in [6.45, 7) is 1.63. The number of aliphatic hydroxyl groups is 2. The van der Waals surface area contributed by atoms with Crippen LogP contribution in [0.1, 0.15) is 60.3 Å². The van der Waals surface area contributed by atoms with Gasteiger partial charge in [0.25, 0.3) is 5.91 Å². The summed E-state index contributed by atoms with van der Waals surface area (Å²) < 4.78 is 59.3. The number of hydrogen-bond acceptors (Lipinski definition) is 5. The van der Waals surface area contributed by atoms with Gasteiger partial charge in [0.15, 0.2) is 11.6 Å². The Balaban J connectivity index is 1.50. The number of amides is 1. The quantitative estimate of drug-likeness (QED) is 0.452. The summed E-state index contributed by atoms with van der Waals surface area (Å²) in [5.74, 6) is -2.96. The van der Waals surface area contributed by atoms with Crippen LogP contribution >= 0.6 is 0 Å². The Morgan fingerprint density at radius 3 is 2.54 bits per heavy atom. The Morgan fingerprint density at radius 2 is 1.89 bits per heavy atom. The van der Waals surface area contributed by atoms with Gasteiger partial charge >= 0.3 is 0 Å². The van der Waals surface area contributed by atoms with Gasteiger partial charge in [-0.1, -0.05) is 6.08 Å². The molecule has 2 aliphatic carbocycles. The van der Waals surface area contributed by atoms with E-state index in [4.69, 9.17) is 0 Å². The first-order chi connectivity index (χ1) is 17.5. The van der Waals surface area contributed by atoms with Gasteiger partial charge in [-0.15, -0.1) is 0 Å². The third-order valence-electron chi connectivity index (χ3n) is 7.97. The molecule has 2 saturated carbocycles. The van der Waals surface area contributed by atoms with Gasteiger partial charge in [0, 0.05) is 29.9 Å². The Hall–Kier alpha value is -2.60. The van der Waals surface area contributed by atoms with Gasteiger partial charge in [0.2, 0.25) is 10.0 Å². The summed E-state index contributed by atoms with van der Waals surface area (Å²) in [6, 6.07) is 2.65. The van der Waals surface area contributed by atoms with Crippen molar-refractivity contribution in [3.8, 4) is 0 Å². The van der Waals surface area contributed by atoms with Crippen molar-refractivity contribution >= 4 is 27.7 Å². The van der Waals surface area contributed by atoms with Gasteiger partial charge in [-0.25, -0.2) is 21.9 Å². The lowest BCUT2D eigenvalue weighted by Crippen LogP contribution is -2.51. The number of fused-ring (bicyclic) bond motifs is 3. The summed E-state index contributed by atoms with van der Waals surface area (Å²) >= 11 is 0. The highest BCUT2D eigenvalue weighted by Crippen LogP contribution is 2.47. The number of carbonyl (C=O) groups is 1. The number of aliphatic hydroxyl groups excluding tert-OH is 1. The zero-order valence-corrected chi connectivity index (χ0v) is 21.3. The van der Waals surface area contributed by atoms with Crippen LogP contribution in [0, 0.1) is 30.4 Å². The minimum Gasteiger partial charge on any atom is -0.393 e. The zero-order chi connectivity index (χ0) is 26.5. The smallest absolute Gasteiger partial charge is 0.272 e. The standard InChI is InChI=1S/C26H31F2N3O5S/c1-15-23(25(33)29-18-8-9-19(27)20(28)11-18)31-10-4-2-3-5-21(31)24(15)37(35,36)30-22-16-6-7-17(22)13-26(34,12-16)14-32/h3,5,8-9,11,16-17,22,30,32,34H,2,4,6-7,10,12-14H2,1H3,(H,29,33). The number of allylic oxidation sites excluding steroid dienone is 1. The molecule has 2 bridgehead atoms. The number of sulfonamides is 1. The molecule has 0 radical (unpaired) electrons. The molecule has 11 heteroatoms. The maximum absolute atomic E-state index is 13.8. The first kappa shape index (κ1) is 26.0. The lowest BCUT2D eigenvalue weighted by atomic mass is 9.75. The fourth-order valence-corrected chi connectivity index (χ4v) is 8.17. The number of benzene rings is 1. The summed E-state index contributed by atoms with van der Waals surface area (Å²) in [7, 11) is -4.07. The molecule has 200 valence electrons. The van der Waals surface area contributed by atoms with Gasteiger partial charge in [-0.2, -0.15) is 0 Å². The fraction of sp³-hybridized carbons (Fsp3) is 0.500. The van der Waals surface area contributed by atoms with E-state index >= 15 is 0 Å². The molecule has 5 rings (SSSR count). The summed E-state index contributed by atoms with van der Waals surface area (Å²) in [6.07, 6.45) is 7.16. The number of halogens is 2. The van der Waals surface area contributed by atoms with Crippen LogP contribution < -0.4 is 10.0 Å². The van der Waals surface area contributed by atoms with Crippen molar-refractivity contribution in [3.63, 3.8) is 0 Å². The topological polar surface area (TPSA) is 121 Å². The third-order valence-corrected chi connectivity index (χ3v) is 9.61. The Labute approximate surface area is 214 Å². The molecule has 2 heterocycles. The first-order valence-corrected chi connectivity index (χ1v) is 14.0. The molecule has 2 aromatic rings. The van der Waals surface area contributed by atoms with Gasteiger partial charge in [-0.05, 0) is 75.5 Å². The van der Waals surface area contributed by atoms with Crippen LogP contribution in [0.2, 0.25) is 0 Å². The van der Waals surface area contributed by atoms with Crippen molar-refractivity contribution in [2.45, 2.75) is 68.5 Å². The molecule has 4 N–H and O–H groups in total. The predicted molar refractivity (Wildman–Crippen MR) is 133 cm³/mol. The molecule has 2 fully saturated rings. The molecular formula is C26H31F2N3O5S. The molecule has 0 saturated heterocycles. The van der Waals surface area contributed by atoms with Crippen molar-refractivity contribution in [3.05, 3.63) is 52.9 Å². The maximum atomic E-state index is 13.8. The number of rotatable bonds is 6. The van der Waals surface area contributed by atoms with E-state index in [9.17, 15) is 32.2 Å². The van der Waals surface area contributed by atoms with E-state index < -0.39 is 33.2 Å². The molecular weight excluding hydrogens is 504 g/mol. The molecule has 0 spiro atoms. The molecule has 3 aliphatic rings. The first-order valence-electron chi connectivity index (χ1n) is 12.5. The van der Waals surface area contributed by atoms with E-state index in [-0.39, 0.29) is 46.3 Å². The lowest BCUT2D eigenvalue weighted by molar-refractivity contribution is -0.0672. The van der Waals surface area contributed by atoms with Crippen molar-refractivity contribution < 1.29 is 32.2 Å². The third kappa shape index (κ3) is 4.73. The number of nitrogens with zero attached hydrogens (tertiary/aromatic N) is 1. The van der Waals surface area contributed by atoms with Crippen LogP contribution in [-0.2, 0) is 16.6 Å². The highest BCUT2D eigenvalue weighted by Gasteiger charge is 2.50. The molecule has 1 aromatic heterocycles. The predicted octanol–water partition coefficient (Wildman–Crippen LogP) is 3.32. The van der Waals surface area contributed by atoms with Crippen LogP contribution in [0.3, 0.4) is 0 Å². The van der Waals surface area contributed by atoms with Crippen molar-refractivity contribution in [2.75, 3.05) is 11.9 Å².